The van der Waals surface area contributed by atoms with Gasteiger partial charge in [0, 0.05) is 66.1 Å². The van der Waals surface area contributed by atoms with Crippen molar-refractivity contribution < 1.29 is 0 Å². The van der Waals surface area contributed by atoms with E-state index in [-0.39, 0.29) is 0 Å². The maximum atomic E-state index is 5.06. The maximum Gasteiger partial charge on any atom is 0.163 e. The van der Waals surface area contributed by atoms with Crippen LogP contribution in [0.4, 0.5) is 0 Å². The Morgan fingerprint density at radius 1 is 0.595 bits per heavy atom. The minimum absolute atomic E-state index is 0.550. The van der Waals surface area contributed by atoms with Crippen LogP contribution < -0.4 is 0 Å². The van der Waals surface area contributed by atoms with Gasteiger partial charge in [0.15, 0.2) is 11.6 Å². The molecule has 0 spiro atoms. The highest BCUT2D eigenvalue weighted by molar-refractivity contribution is 5.68. The minimum atomic E-state index is -0.550. The molecule has 6 heterocycles. The van der Waals surface area contributed by atoms with E-state index in [0.717, 1.165) is 33.9 Å². The molecule has 0 aromatic carbocycles. The molecule has 0 bridgehead atoms. The van der Waals surface area contributed by atoms with Crippen molar-refractivity contribution >= 4 is 0 Å². The lowest BCUT2D eigenvalue weighted by Crippen LogP contribution is -2.24. The van der Waals surface area contributed by atoms with Crippen LogP contribution in [0.3, 0.4) is 0 Å². The summed E-state index contributed by atoms with van der Waals surface area (Å²) in [6.45, 7) is 4.20. The third-order valence-electron chi connectivity index (χ3n) is 6.15. The summed E-state index contributed by atoms with van der Waals surface area (Å²) in [4.78, 5) is 27.5. The zero-order valence-corrected chi connectivity index (χ0v) is 20.2. The highest BCUT2D eigenvalue weighted by atomic mass is 15.3. The molecule has 0 fully saturated rings. The van der Waals surface area contributed by atoms with Crippen LogP contribution >= 0.6 is 0 Å². The first kappa shape index (κ1) is 22.4. The molecule has 180 valence electrons. The lowest BCUT2D eigenvalue weighted by Gasteiger charge is -2.26. The Morgan fingerprint density at radius 2 is 1.08 bits per heavy atom. The van der Waals surface area contributed by atoms with E-state index < -0.39 is 5.41 Å². The topological polar surface area (TPSA) is 113 Å². The van der Waals surface area contributed by atoms with E-state index in [0.29, 0.717) is 11.6 Å². The standard InChI is InChI=1S/C27H22N10/c1-27(2,23-7-5-19(21-17-28-11-13-30-21)25(34-23)36-15-3-9-32-36)24-8-6-20(22-18-29-12-14-31-22)26(35-24)37-16-4-10-33-37/h3-18H,1-2H3. The molecule has 0 radical (unpaired) electrons. The molecule has 0 saturated carbocycles. The van der Waals surface area contributed by atoms with Gasteiger partial charge in [-0.25, -0.2) is 19.3 Å². The van der Waals surface area contributed by atoms with Gasteiger partial charge in [-0.15, -0.1) is 0 Å². The minimum Gasteiger partial charge on any atom is -0.261 e. The van der Waals surface area contributed by atoms with Crippen molar-refractivity contribution in [1.29, 1.82) is 0 Å². The van der Waals surface area contributed by atoms with Gasteiger partial charge >= 0.3 is 0 Å². The van der Waals surface area contributed by atoms with Crippen LogP contribution in [0, 0.1) is 0 Å². The van der Waals surface area contributed by atoms with Crippen LogP contribution in [0.15, 0.2) is 98.4 Å². The molecule has 6 aromatic rings. The number of aromatic nitrogens is 10. The van der Waals surface area contributed by atoms with Crippen LogP contribution in [0.5, 0.6) is 0 Å². The van der Waals surface area contributed by atoms with Gasteiger partial charge in [-0.3, -0.25) is 19.9 Å². The van der Waals surface area contributed by atoms with Gasteiger partial charge in [0.05, 0.1) is 35.2 Å². The fourth-order valence-corrected chi connectivity index (χ4v) is 4.14. The highest BCUT2D eigenvalue weighted by Crippen LogP contribution is 2.34. The summed E-state index contributed by atoms with van der Waals surface area (Å²) in [6.07, 6.45) is 17.2. The number of pyridine rings is 2. The predicted octanol–water partition coefficient (Wildman–Crippen LogP) is 4.09. The molecule has 0 aliphatic heterocycles. The largest absolute Gasteiger partial charge is 0.261 e. The van der Waals surface area contributed by atoms with Gasteiger partial charge < -0.3 is 0 Å². The van der Waals surface area contributed by atoms with Crippen molar-refractivity contribution in [2.45, 2.75) is 19.3 Å². The molecule has 10 nitrogen and oxygen atoms in total. The van der Waals surface area contributed by atoms with Crippen LogP contribution in [-0.2, 0) is 5.41 Å². The number of nitrogens with zero attached hydrogens (tertiary/aromatic N) is 10. The zero-order valence-electron chi connectivity index (χ0n) is 20.2. The number of hydrogen-bond donors (Lipinski definition) is 0. The van der Waals surface area contributed by atoms with Crippen molar-refractivity contribution in [1.82, 2.24) is 49.5 Å². The van der Waals surface area contributed by atoms with E-state index >= 15 is 0 Å². The molecule has 10 heteroatoms. The van der Waals surface area contributed by atoms with Gasteiger partial charge in [0.1, 0.15) is 0 Å². The van der Waals surface area contributed by atoms with Crippen molar-refractivity contribution in [3.63, 3.8) is 0 Å². The molecule has 37 heavy (non-hydrogen) atoms. The van der Waals surface area contributed by atoms with E-state index in [1.807, 2.05) is 48.8 Å². The van der Waals surface area contributed by atoms with Crippen LogP contribution in [0.2, 0.25) is 0 Å². The lowest BCUT2D eigenvalue weighted by atomic mass is 9.84. The molecular formula is C27H22N10. The molecule has 6 aromatic heterocycles. The first-order chi connectivity index (χ1) is 18.1. The summed E-state index contributed by atoms with van der Waals surface area (Å²) < 4.78 is 3.48. The molecule has 0 aliphatic carbocycles. The van der Waals surface area contributed by atoms with E-state index in [4.69, 9.17) is 9.97 Å². The average Bonchev–Trinajstić information content (AvgIpc) is 3.69. The maximum absolute atomic E-state index is 5.06. The second-order valence-electron chi connectivity index (χ2n) is 8.84. The third kappa shape index (κ3) is 4.14. The monoisotopic (exact) mass is 486 g/mol. The Morgan fingerprint density at radius 3 is 1.46 bits per heavy atom. The molecule has 0 aliphatic rings. The normalized spacial score (nSPS) is 11.5. The fourth-order valence-electron chi connectivity index (χ4n) is 4.14. The molecular weight excluding hydrogens is 464 g/mol. The summed E-state index contributed by atoms with van der Waals surface area (Å²) in [6, 6.07) is 11.7. The van der Waals surface area contributed by atoms with E-state index in [9.17, 15) is 0 Å². The van der Waals surface area contributed by atoms with Crippen LogP contribution in [0.1, 0.15) is 25.2 Å². The first-order valence-corrected chi connectivity index (χ1v) is 11.7. The molecule has 6 rings (SSSR count). The fraction of sp³-hybridized carbons (Fsp3) is 0.111. The molecule has 0 N–H and O–H groups in total. The van der Waals surface area contributed by atoms with Gasteiger partial charge in [-0.2, -0.15) is 10.2 Å². The number of rotatable bonds is 6. The van der Waals surface area contributed by atoms with Crippen LogP contribution in [-0.4, -0.2) is 49.5 Å². The Balaban J connectivity index is 1.49. The summed E-state index contributed by atoms with van der Waals surface area (Å²) >= 11 is 0. The Bertz CT molecular complexity index is 1510. The Labute approximate surface area is 212 Å². The van der Waals surface area contributed by atoms with E-state index in [1.54, 1.807) is 58.9 Å². The third-order valence-corrected chi connectivity index (χ3v) is 6.15. The molecule has 0 amide bonds. The summed E-state index contributed by atoms with van der Waals surface area (Å²) in [7, 11) is 0. The van der Waals surface area contributed by atoms with E-state index in [1.165, 1.54) is 0 Å². The van der Waals surface area contributed by atoms with Gasteiger partial charge in [-0.1, -0.05) is 0 Å². The summed E-state index contributed by atoms with van der Waals surface area (Å²) in [5.74, 6) is 1.33. The zero-order chi connectivity index (χ0) is 25.2. The second kappa shape index (κ2) is 9.15. The van der Waals surface area contributed by atoms with Crippen LogP contribution in [0.25, 0.3) is 34.2 Å². The van der Waals surface area contributed by atoms with E-state index in [2.05, 4.69) is 44.0 Å². The Hall–Kier alpha value is -5.12. The van der Waals surface area contributed by atoms with Crippen molar-refractivity contribution in [2.75, 3.05) is 0 Å². The first-order valence-electron chi connectivity index (χ1n) is 11.7. The van der Waals surface area contributed by atoms with Gasteiger partial charge in [0.2, 0.25) is 0 Å². The second-order valence-corrected chi connectivity index (χ2v) is 8.84. The smallest absolute Gasteiger partial charge is 0.163 e. The molecule has 0 atom stereocenters. The quantitative estimate of drug-likeness (QED) is 0.346. The lowest BCUT2D eigenvalue weighted by molar-refractivity contribution is 0.588. The van der Waals surface area contributed by atoms with Crippen molar-refractivity contribution in [3.8, 4) is 34.2 Å². The van der Waals surface area contributed by atoms with Gasteiger partial charge in [0.25, 0.3) is 0 Å². The highest BCUT2D eigenvalue weighted by Gasteiger charge is 2.29. The van der Waals surface area contributed by atoms with Gasteiger partial charge in [-0.05, 0) is 50.2 Å². The SMILES string of the molecule is CC(C)(c1ccc(-c2cnccn2)c(-n2cccn2)n1)c1ccc(-c2cnccn2)c(-n2cccn2)n1. The molecule has 0 unspecified atom stereocenters. The average molecular weight is 487 g/mol. The summed E-state index contributed by atoms with van der Waals surface area (Å²) in [5, 5.41) is 8.85. The Kier molecular flexibility index (Phi) is 5.53. The van der Waals surface area contributed by atoms with Crippen molar-refractivity contribution in [2.24, 2.45) is 0 Å². The predicted molar refractivity (Wildman–Crippen MR) is 137 cm³/mol. The number of hydrogen-bond acceptors (Lipinski definition) is 8. The summed E-state index contributed by atoms with van der Waals surface area (Å²) in [5.41, 5.74) is 4.22. The van der Waals surface area contributed by atoms with Crippen molar-refractivity contribution in [3.05, 3.63) is 110 Å². The molecule has 0 saturated heterocycles.